The third-order valence-corrected chi connectivity index (χ3v) is 5.79. The highest BCUT2D eigenvalue weighted by Gasteiger charge is 2.40. The van der Waals surface area contributed by atoms with Gasteiger partial charge in [-0.15, -0.1) is 0 Å². The van der Waals surface area contributed by atoms with Gasteiger partial charge in [-0.3, -0.25) is 9.59 Å². The number of hydrogen-bond acceptors (Lipinski definition) is 6. The SMILES string of the molecule is Cc1nc(NCc2ccc(NC(=O)c3ccc(F)cc3)cc2)nc2c1NC(=O)C(C)(C)N2C. The smallest absolute Gasteiger partial charge is 0.255 e. The summed E-state index contributed by atoms with van der Waals surface area (Å²) in [7, 11) is 1.84. The lowest BCUT2D eigenvalue weighted by Crippen LogP contribution is -2.54. The molecule has 8 nitrogen and oxygen atoms in total. The lowest BCUT2D eigenvalue weighted by molar-refractivity contribution is -0.120. The van der Waals surface area contributed by atoms with Crippen LogP contribution in [-0.4, -0.2) is 34.4 Å². The van der Waals surface area contributed by atoms with Crippen LogP contribution >= 0.6 is 0 Å². The first kappa shape index (κ1) is 22.2. The van der Waals surface area contributed by atoms with Crippen LogP contribution in [0.3, 0.4) is 0 Å². The minimum absolute atomic E-state index is 0.100. The summed E-state index contributed by atoms with van der Waals surface area (Å²) in [6.45, 7) is 5.99. The van der Waals surface area contributed by atoms with Gasteiger partial charge in [-0.25, -0.2) is 9.37 Å². The highest BCUT2D eigenvalue weighted by atomic mass is 19.1. The fraction of sp³-hybridized carbons (Fsp3) is 0.250. The van der Waals surface area contributed by atoms with Crippen molar-refractivity contribution in [2.45, 2.75) is 32.9 Å². The van der Waals surface area contributed by atoms with Crippen LogP contribution in [0.25, 0.3) is 0 Å². The maximum absolute atomic E-state index is 13.0. The Hall–Kier alpha value is -4.01. The zero-order valence-corrected chi connectivity index (χ0v) is 18.9. The summed E-state index contributed by atoms with van der Waals surface area (Å²) >= 11 is 0. The molecule has 33 heavy (non-hydrogen) atoms. The molecule has 0 radical (unpaired) electrons. The zero-order chi connectivity index (χ0) is 23.8. The van der Waals surface area contributed by atoms with E-state index in [-0.39, 0.29) is 17.6 Å². The number of halogens is 1. The number of rotatable bonds is 5. The maximum atomic E-state index is 13.0. The molecule has 0 aliphatic carbocycles. The number of benzene rings is 2. The van der Waals surface area contributed by atoms with Crippen molar-refractivity contribution in [2.24, 2.45) is 0 Å². The topological polar surface area (TPSA) is 99.2 Å². The number of carbonyl (C=O) groups is 2. The van der Waals surface area contributed by atoms with Crippen molar-refractivity contribution in [1.29, 1.82) is 0 Å². The average molecular weight is 449 g/mol. The molecule has 0 saturated heterocycles. The zero-order valence-electron chi connectivity index (χ0n) is 18.9. The average Bonchev–Trinajstić information content (AvgIpc) is 2.79. The standard InChI is InChI=1S/C24H25FN6O2/c1-14-19-20(31(4)24(2,3)22(33)29-19)30-23(27-14)26-13-15-5-11-18(12-6-15)28-21(32)16-7-9-17(25)10-8-16/h5-12H,13H2,1-4H3,(H,28,32)(H,29,33)(H,26,27,30). The third kappa shape index (κ3) is 4.48. The van der Waals surface area contributed by atoms with Crippen molar-refractivity contribution < 1.29 is 14.0 Å². The number of amides is 2. The number of aromatic nitrogens is 2. The van der Waals surface area contributed by atoms with Crippen LogP contribution in [0.5, 0.6) is 0 Å². The Bertz CT molecular complexity index is 1210. The van der Waals surface area contributed by atoms with Crippen LogP contribution in [0, 0.1) is 12.7 Å². The lowest BCUT2D eigenvalue weighted by Gasteiger charge is -2.40. The van der Waals surface area contributed by atoms with Crippen LogP contribution in [0.2, 0.25) is 0 Å². The number of carbonyl (C=O) groups excluding carboxylic acids is 2. The Morgan fingerprint density at radius 3 is 2.42 bits per heavy atom. The molecule has 2 amide bonds. The number of hydrogen-bond donors (Lipinski definition) is 3. The molecule has 0 atom stereocenters. The van der Waals surface area contributed by atoms with E-state index in [1.165, 1.54) is 24.3 Å². The number of nitrogens with one attached hydrogen (secondary N) is 3. The minimum Gasteiger partial charge on any atom is -0.350 e. The molecular formula is C24H25FN6O2. The van der Waals surface area contributed by atoms with E-state index in [0.29, 0.717) is 40.9 Å². The van der Waals surface area contributed by atoms with E-state index in [2.05, 4.69) is 25.9 Å². The molecule has 9 heteroatoms. The fourth-order valence-electron chi connectivity index (χ4n) is 3.40. The fourth-order valence-corrected chi connectivity index (χ4v) is 3.40. The maximum Gasteiger partial charge on any atom is 0.255 e. The van der Waals surface area contributed by atoms with Gasteiger partial charge in [0.15, 0.2) is 5.82 Å². The second kappa shape index (κ2) is 8.50. The summed E-state index contributed by atoms with van der Waals surface area (Å²) in [6.07, 6.45) is 0. The molecule has 1 aliphatic rings. The van der Waals surface area contributed by atoms with E-state index < -0.39 is 5.54 Å². The van der Waals surface area contributed by atoms with Crippen LogP contribution in [0.4, 0.5) is 27.5 Å². The second-order valence-corrected chi connectivity index (χ2v) is 8.41. The predicted octanol–water partition coefficient (Wildman–Crippen LogP) is 3.96. The Morgan fingerprint density at radius 2 is 1.76 bits per heavy atom. The van der Waals surface area contributed by atoms with Gasteiger partial charge in [0.25, 0.3) is 5.91 Å². The van der Waals surface area contributed by atoms with E-state index in [4.69, 9.17) is 0 Å². The third-order valence-electron chi connectivity index (χ3n) is 5.79. The predicted molar refractivity (Wildman–Crippen MR) is 126 cm³/mol. The molecule has 170 valence electrons. The van der Waals surface area contributed by atoms with Crippen LogP contribution in [0.15, 0.2) is 48.5 Å². The van der Waals surface area contributed by atoms with Gasteiger partial charge in [-0.2, -0.15) is 4.98 Å². The van der Waals surface area contributed by atoms with Gasteiger partial charge in [0.1, 0.15) is 17.0 Å². The van der Waals surface area contributed by atoms with E-state index in [1.807, 2.05) is 44.9 Å². The van der Waals surface area contributed by atoms with E-state index in [9.17, 15) is 14.0 Å². The first-order chi connectivity index (χ1) is 15.6. The van der Waals surface area contributed by atoms with Crippen molar-refractivity contribution in [1.82, 2.24) is 9.97 Å². The van der Waals surface area contributed by atoms with Gasteiger partial charge in [-0.1, -0.05) is 12.1 Å². The van der Waals surface area contributed by atoms with E-state index >= 15 is 0 Å². The number of fused-ring (bicyclic) bond motifs is 1. The Balaban J connectivity index is 1.42. The van der Waals surface area contributed by atoms with Crippen LogP contribution < -0.4 is 20.9 Å². The largest absolute Gasteiger partial charge is 0.350 e. The molecule has 0 unspecified atom stereocenters. The Morgan fingerprint density at radius 1 is 1.09 bits per heavy atom. The summed E-state index contributed by atoms with van der Waals surface area (Å²) < 4.78 is 13.0. The lowest BCUT2D eigenvalue weighted by atomic mass is 9.99. The number of anilines is 4. The molecule has 0 bridgehead atoms. The van der Waals surface area contributed by atoms with E-state index in [1.54, 1.807) is 12.1 Å². The molecule has 3 N–H and O–H groups in total. The first-order valence-corrected chi connectivity index (χ1v) is 10.5. The monoisotopic (exact) mass is 448 g/mol. The van der Waals surface area contributed by atoms with Gasteiger partial charge in [-0.05, 0) is 62.7 Å². The van der Waals surface area contributed by atoms with Crippen molar-refractivity contribution in [2.75, 3.05) is 27.9 Å². The van der Waals surface area contributed by atoms with Gasteiger partial charge in [0, 0.05) is 24.8 Å². The number of nitrogens with zero attached hydrogens (tertiary/aromatic N) is 3. The molecule has 4 rings (SSSR count). The Labute approximate surface area is 191 Å². The molecule has 0 spiro atoms. The van der Waals surface area contributed by atoms with Crippen molar-refractivity contribution in [3.8, 4) is 0 Å². The van der Waals surface area contributed by atoms with Crippen LogP contribution in [0.1, 0.15) is 35.5 Å². The molecule has 1 aromatic heterocycles. The van der Waals surface area contributed by atoms with Gasteiger partial charge in [0.05, 0.1) is 5.69 Å². The van der Waals surface area contributed by atoms with Crippen molar-refractivity contribution in [3.63, 3.8) is 0 Å². The van der Waals surface area contributed by atoms with Crippen molar-refractivity contribution >= 4 is 35.0 Å². The van der Waals surface area contributed by atoms with Crippen molar-refractivity contribution in [3.05, 3.63) is 71.2 Å². The normalized spacial score (nSPS) is 14.3. The van der Waals surface area contributed by atoms with E-state index in [0.717, 1.165) is 5.56 Å². The van der Waals surface area contributed by atoms with Gasteiger partial charge in [0.2, 0.25) is 11.9 Å². The molecule has 1 aliphatic heterocycles. The summed E-state index contributed by atoms with van der Waals surface area (Å²) in [5.74, 6) is 0.322. The van der Waals surface area contributed by atoms with Crippen LogP contribution in [-0.2, 0) is 11.3 Å². The minimum atomic E-state index is -0.723. The second-order valence-electron chi connectivity index (χ2n) is 8.41. The molecule has 2 aromatic carbocycles. The first-order valence-electron chi connectivity index (χ1n) is 10.5. The molecule has 0 fully saturated rings. The summed E-state index contributed by atoms with van der Waals surface area (Å²) in [5, 5.41) is 8.91. The molecule has 2 heterocycles. The molecule has 0 saturated carbocycles. The quantitative estimate of drug-likeness (QED) is 0.547. The molecule has 3 aromatic rings. The van der Waals surface area contributed by atoms with Gasteiger partial charge < -0.3 is 20.9 Å². The highest BCUT2D eigenvalue weighted by Crippen LogP contribution is 2.36. The Kier molecular flexibility index (Phi) is 5.71. The highest BCUT2D eigenvalue weighted by molar-refractivity contribution is 6.06. The van der Waals surface area contributed by atoms with Gasteiger partial charge >= 0.3 is 0 Å². The summed E-state index contributed by atoms with van der Waals surface area (Å²) in [6, 6.07) is 12.7. The summed E-state index contributed by atoms with van der Waals surface area (Å²) in [5.41, 5.74) is 2.56. The number of aryl methyl sites for hydroxylation is 1. The molecular weight excluding hydrogens is 423 g/mol. The summed E-state index contributed by atoms with van der Waals surface area (Å²) in [4.78, 5) is 35.5. The number of likely N-dealkylation sites (N-methyl/N-ethyl adjacent to an activating group) is 1.